The van der Waals surface area contributed by atoms with Crippen LogP contribution < -0.4 is 0 Å². The minimum absolute atomic E-state index is 0.394. The molecule has 1 atom stereocenters. The van der Waals surface area contributed by atoms with Crippen molar-refractivity contribution in [3.8, 4) is 0 Å². The zero-order valence-corrected chi connectivity index (χ0v) is 4.37. The summed E-state index contributed by atoms with van der Waals surface area (Å²) in [5.41, 5.74) is -2.79. The molecule has 0 nitrogen and oxygen atoms in total. The Kier molecular flexibility index (Phi) is 0.542. The van der Waals surface area contributed by atoms with Crippen LogP contribution in [0.5, 0.6) is 0 Å². The number of hydrogen-bond acceptors (Lipinski definition) is 0. The van der Waals surface area contributed by atoms with E-state index in [0.717, 1.165) is 12.2 Å². The fraction of sp³-hybridized carbons (Fsp3) is 0.333. The molecule has 1 unspecified atom stereocenters. The molecule has 0 saturated heterocycles. The predicted octanol–water partition coefficient (Wildman–Crippen LogP) is 1.84. The Bertz CT molecular complexity index is 226. The molecule has 2 aliphatic rings. The Labute approximate surface area is 49.7 Å². The van der Waals surface area contributed by atoms with E-state index in [1.54, 1.807) is 0 Å². The zero-order chi connectivity index (χ0) is 6.70. The van der Waals surface area contributed by atoms with E-state index >= 15 is 0 Å². The van der Waals surface area contributed by atoms with Gasteiger partial charge in [-0.25, -0.2) is 4.39 Å². The molecule has 1 saturated carbocycles. The summed E-state index contributed by atoms with van der Waals surface area (Å²) in [7, 11) is 0. The maximum atomic E-state index is 12.6. The SMILES string of the molecule is FC1(F)C2=CC=CC21F. The lowest BCUT2D eigenvalue weighted by atomic mass is 10.3. The summed E-state index contributed by atoms with van der Waals surface area (Å²) in [4.78, 5) is 0. The quantitative estimate of drug-likeness (QED) is 0.471. The van der Waals surface area contributed by atoms with E-state index in [1.807, 2.05) is 0 Å². The van der Waals surface area contributed by atoms with Crippen molar-refractivity contribution in [2.24, 2.45) is 0 Å². The van der Waals surface area contributed by atoms with E-state index in [0.29, 0.717) is 0 Å². The summed E-state index contributed by atoms with van der Waals surface area (Å²) in [6.45, 7) is 0. The van der Waals surface area contributed by atoms with E-state index in [-0.39, 0.29) is 0 Å². The standard InChI is InChI=1S/C6H3F3/c7-5-3-1-2-4(5)6(5,8)9/h1-3H. The van der Waals surface area contributed by atoms with Gasteiger partial charge >= 0.3 is 5.92 Å². The summed E-state index contributed by atoms with van der Waals surface area (Å²) < 4.78 is 36.8. The van der Waals surface area contributed by atoms with Crippen molar-refractivity contribution in [3.63, 3.8) is 0 Å². The monoisotopic (exact) mass is 132 g/mol. The van der Waals surface area contributed by atoms with Crippen molar-refractivity contribution >= 4 is 0 Å². The van der Waals surface area contributed by atoms with Crippen molar-refractivity contribution < 1.29 is 13.2 Å². The van der Waals surface area contributed by atoms with E-state index in [1.165, 1.54) is 6.08 Å². The van der Waals surface area contributed by atoms with Gasteiger partial charge in [0.25, 0.3) is 0 Å². The van der Waals surface area contributed by atoms with Gasteiger partial charge in [-0.1, -0.05) is 12.2 Å². The largest absolute Gasteiger partial charge is 0.314 e. The van der Waals surface area contributed by atoms with Crippen LogP contribution in [0.25, 0.3) is 0 Å². The van der Waals surface area contributed by atoms with E-state index in [4.69, 9.17) is 0 Å². The normalized spacial score (nSPS) is 42.3. The van der Waals surface area contributed by atoms with Gasteiger partial charge in [0.15, 0.2) is 0 Å². The van der Waals surface area contributed by atoms with Gasteiger partial charge in [0.1, 0.15) is 0 Å². The average molecular weight is 132 g/mol. The molecule has 0 radical (unpaired) electrons. The molecule has 0 aromatic carbocycles. The van der Waals surface area contributed by atoms with Crippen LogP contribution in [0.15, 0.2) is 23.8 Å². The number of hydrogen-bond donors (Lipinski definition) is 0. The molecule has 0 heterocycles. The van der Waals surface area contributed by atoms with Gasteiger partial charge < -0.3 is 0 Å². The maximum Gasteiger partial charge on any atom is 0.314 e. The van der Waals surface area contributed by atoms with Crippen LogP contribution in [0.3, 0.4) is 0 Å². The first-order chi connectivity index (χ1) is 4.09. The van der Waals surface area contributed by atoms with Crippen LogP contribution in [0.1, 0.15) is 0 Å². The zero-order valence-electron chi connectivity index (χ0n) is 4.37. The van der Waals surface area contributed by atoms with E-state index < -0.39 is 17.2 Å². The molecular formula is C6H3F3. The van der Waals surface area contributed by atoms with Crippen LogP contribution in [0.4, 0.5) is 13.2 Å². The highest BCUT2D eigenvalue weighted by atomic mass is 19.3. The lowest BCUT2D eigenvalue weighted by Crippen LogP contribution is -2.07. The first-order valence-corrected chi connectivity index (χ1v) is 2.56. The minimum Gasteiger partial charge on any atom is -0.227 e. The lowest BCUT2D eigenvalue weighted by molar-refractivity contribution is 0.0664. The third kappa shape index (κ3) is 0.316. The summed E-state index contributed by atoms with van der Waals surface area (Å²) in [5, 5.41) is 0. The molecule has 0 spiro atoms. The fourth-order valence-corrected chi connectivity index (χ4v) is 1.05. The molecule has 2 rings (SSSR count). The van der Waals surface area contributed by atoms with Gasteiger partial charge in [-0.15, -0.1) is 0 Å². The third-order valence-corrected chi connectivity index (χ3v) is 1.71. The molecule has 9 heavy (non-hydrogen) atoms. The van der Waals surface area contributed by atoms with Crippen LogP contribution >= 0.6 is 0 Å². The molecule has 1 fully saturated rings. The molecule has 0 aromatic heterocycles. The van der Waals surface area contributed by atoms with Crippen molar-refractivity contribution in [1.82, 2.24) is 0 Å². The highest BCUT2D eigenvalue weighted by molar-refractivity contribution is 5.60. The van der Waals surface area contributed by atoms with Crippen LogP contribution in [0.2, 0.25) is 0 Å². The topological polar surface area (TPSA) is 0 Å². The lowest BCUT2D eigenvalue weighted by Gasteiger charge is -1.93. The number of fused-ring (bicyclic) bond motifs is 1. The van der Waals surface area contributed by atoms with Crippen LogP contribution in [0, 0.1) is 0 Å². The molecule has 2 aliphatic carbocycles. The van der Waals surface area contributed by atoms with E-state index in [9.17, 15) is 13.2 Å². The second kappa shape index (κ2) is 0.958. The molecule has 0 aliphatic heterocycles. The van der Waals surface area contributed by atoms with Gasteiger partial charge in [0.2, 0.25) is 5.67 Å². The fourth-order valence-electron chi connectivity index (χ4n) is 1.05. The van der Waals surface area contributed by atoms with Crippen molar-refractivity contribution in [1.29, 1.82) is 0 Å². The number of alkyl halides is 3. The average Bonchev–Trinajstić information content (AvgIpc) is 2.21. The van der Waals surface area contributed by atoms with Gasteiger partial charge in [-0.3, -0.25) is 0 Å². The number of rotatable bonds is 0. The molecule has 48 valence electrons. The van der Waals surface area contributed by atoms with Crippen molar-refractivity contribution in [2.45, 2.75) is 11.6 Å². The highest BCUT2D eigenvalue weighted by Gasteiger charge is 2.78. The van der Waals surface area contributed by atoms with Gasteiger partial charge in [-0.2, -0.15) is 8.78 Å². The van der Waals surface area contributed by atoms with Crippen LogP contribution in [-0.4, -0.2) is 11.6 Å². The minimum atomic E-state index is -3.19. The van der Waals surface area contributed by atoms with Gasteiger partial charge in [0, 0.05) is 5.57 Å². The first-order valence-electron chi connectivity index (χ1n) is 2.56. The second-order valence-corrected chi connectivity index (χ2v) is 2.23. The third-order valence-electron chi connectivity index (χ3n) is 1.71. The Morgan fingerprint density at radius 1 is 1.22 bits per heavy atom. The Morgan fingerprint density at radius 2 is 1.89 bits per heavy atom. The Morgan fingerprint density at radius 3 is 2.11 bits per heavy atom. The molecule has 3 heteroatoms. The van der Waals surface area contributed by atoms with Gasteiger partial charge in [-0.05, 0) is 6.08 Å². The summed E-state index contributed by atoms with van der Waals surface area (Å²) in [6.07, 6.45) is 3.33. The summed E-state index contributed by atoms with van der Waals surface area (Å²) in [6, 6.07) is 0. The molecule has 0 aromatic rings. The second-order valence-electron chi connectivity index (χ2n) is 2.23. The number of allylic oxidation sites excluding steroid dienone is 4. The van der Waals surface area contributed by atoms with Crippen LogP contribution in [-0.2, 0) is 0 Å². The van der Waals surface area contributed by atoms with Crippen molar-refractivity contribution in [2.75, 3.05) is 0 Å². The smallest absolute Gasteiger partial charge is 0.227 e. The van der Waals surface area contributed by atoms with Crippen molar-refractivity contribution in [3.05, 3.63) is 23.8 Å². The molecular weight excluding hydrogens is 129 g/mol. The highest BCUT2D eigenvalue weighted by Crippen LogP contribution is 2.64. The maximum absolute atomic E-state index is 12.6. The number of halogens is 3. The van der Waals surface area contributed by atoms with Gasteiger partial charge in [0.05, 0.1) is 0 Å². The Balaban J connectivity index is 2.49. The Hall–Kier alpha value is -0.730. The predicted molar refractivity (Wildman–Crippen MR) is 26.0 cm³/mol. The van der Waals surface area contributed by atoms with E-state index in [2.05, 4.69) is 0 Å². The summed E-state index contributed by atoms with van der Waals surface area (Å²) in [5.74, 6) is -3.19. The first kappa shape index (κ1) is 5.09. The molecule has 0 N–H and O–H groups in total. The molecule has 0 amide bonds. The summed E-state index contributed by atoms with van der Waals surface area (Å²) >= 11 is 0. The molecule has 0 bridgehead atoms.